The fourth-order valence-electron chi connectivity index (χ4n) is 3.09. The summed E-state index contributed by atoms with van der Waals surface area (Å²) in [4.78, 5) is 18.9. The molecule has 1 aromatic carbocycles. The van der Waals surface area contributed by atoms with Crippen LogP contribution in [0.1, 0.15) is 49.4 Å². The Labute approximate surface area is 130 Å². The van der Waals surface area contributed by atoms with Gasteiger partial charge in [0.15, 0.2) is 0 Å². The summed E-state index contributed by atoms with van der Waals surface area (Å²) >= 11 is 0. The van der Waals surface area contributed by atoms with Gasteiger partial charge in [0.05, 0.1) is 0 Å². The molecule has 3 rings (SSSR count). The second-order valence-electron chi connectivity index (χ2n) is 5.74. The lowest BCUT2D eigenvalue weighted by Crippen LogP contribution is -2.39. The van der Waals surface area contributed by atoms with Gasteiger partial charge in [0.2, 0.25) is 12.2 Å². The summed E-state index contributed by atoms with van der Waals surface area (Å²) < 4.78 is 4.75. The lowest BCUT2D eigenvalue weighted by atomic mass is 10.1. The van der Waals surface area contributed by atoms with E-state index in [1.165, 1.54) is 19.2 Å². The SMILES string of the molecule is CC[C@@H]1CCCCCN1C(=O)c1ccc(-c2ncon2)cc1. The number of rotatable bonds is 3. The van der Waals surface area contributed by atoms with Crippen molar-refractivity contribution in [2.24, 2.45) is 0 Å². The number of carbonyl (C=O) groups is 1. The van der Waals surface area contributed by atoms with E-state index in [-0.39, 0.29) is 5.91 Å². The first kappa shape index (κ1) is 14.8. The average Bonchev–Trinajstić information content (AvgIpc) is 2.99. The van der Waals surface area contributed by atoms with Gasteiger partial charge in [0.1, 0.15) is 0 Å². The van der Waals surface area contributed by atoms with E-state index in [4.69, 9.17) is 4.52 Å². The Morgan fingerprint density at radius 2 is 2.09 bits per heavy atom. The van der Waals surface area contributed by atoms with Gasteiger partial charge in [-0.2, -0.15) is 4.98 Å². The summed E-state index contributed by atoms with van der Waals surface area (Å²) in [5.41, 5.74) is 1.58. The van der Waals surface area contributed by atoms with Crippen molar-refractivity contribution < 1.29 is 9.32 Å². The van der Waals surface area contributed by atoms with Crippen molar-refractivity contribution in [1.82, 2.24) is 15.0 Å². The highest BCUT2D eigenvalue weighted by Crippen LogP contribution is 2.22. The number of hydrogen-bond acceptors (Lipinski definition) is 4. The van der Waals surface area contributed by atoms with E-state index in [1.54, 1.807) is 0 Å². The Bertz CT molecular complexity index is 607. The van der Waals surface area contributed by atoms with Gasteiger partial charge in [-0.05, 0) is 31.4 Å². The summed E-state index contributed by atoms with van der Waals surface area (Å²) in [6.45, 7) is 3.03. The minimum Gasteiger partial charge on any atom is -0.342 e. The maximum Gasteiger partial charge on any atom is 0.254 e. The fraction of sp³-hybridized carbons (Fsp3) is 0.471. The van der Waals surface area contributed by atoms with E-state index >= 15 is 0 Å². The third-order valence-electron chi connectivity index (χ3n) is 4.36. The van der Waals surface area contributed by atoms with Crippen LogP contribution in [-0.4, -0.2) is 33.5 Å². The molecule has 0 bridgehead atoms. The summed E-state index contributed by atoms with van der Waals surface area (Å²) in [5.74, 6) is 0.675. The summed E-state index contributed by atoms with van der Waals surface area (Å²) in [6, 6.07) is 7.82. The van der Waals surface area contributed by atoms with Gasteiger partial charge in [0.25, 0.3) is 5.91 Å². The lowest BCUT2D eigenvalue weighted by molar-refractivity contribution is 0.0678. The van der Waals surface area contributed by atoms with Crippen molar-refractivity contribution in [2.45, 2.75) is 45.1 Å². The van der Waals surface area contributed by atoms with E-state index in [9.17, 15) is 4.79 Å². The monoisotopic (exact) mass is 299 g/mol. The van der Waals surface area contributed by atoms with Crippen LogP contribution in [-0.2, 0) is 0 Å². The van der Waals surface area contributed by atoms with Gasteiger partial charge >= 0.3 is 0 Å². The quantitative estimate of drug-likeness (QED) is 0.870. The summed E-state index contributed by atoms with van der Waals surface area (Å²) in [7, 11) is 0. The van der Waals surface area contributed by atoms with Crippen LogP contribution < -0.4 is 0 Å². The van der Waals surface area contributed by atoms with Gasteiger partial charge in [0, 0.05) is 23.7 Å². The zero-order valence-electron chi connectivity index (χ0n) is 12.9. The van der Waals surface area contributed by atoms with E-state index in [1.807, 2.05) is 24.3 Å². The molecule has 5 heteroatoms. The molecule has 1 saturated heterocycles. The zero-order valence-corrected chi connectivity index (χ0v) is 12.9. The molecule has 2 aromatic rings. The molecule has 0 radical (unpaired) electrons. The molecule has 1 aromatic heterocycles. The molecule has 0 N–H and O–H groups in total. The third kappa shape index (κ3) is 3.03. The maximum absolute atomic E-state index is 12.8. The first-order valence-corrected chi connectivity index (χ1v) is 7.97. The molecule has 1 atom stereocenters. The van der Waals surface area contributed by atoms with Crippen molar-refractivity contribution >= 4 is 5.91 Å². The average molecular weight is 299 g/mol. The molecule has 0 spiro atoms. The van der Waals surface area contributed by atoms with E-state index in [0.717, 1.165) is 36.9 Å². The molecule has 5 nitrogen and oxygen atoms in total. The second kappa shape index (κ2) is 6.73. The molecular weight excluding hydrogens is 278 g/mol. The molecule has 1 fully saturated rings. The molecular formula is C17H21N3O2. The Balaban J connectivity index is 1.79. The van der Waals surface area contributed by atoms with Gasteiger partial charge in [-0.1, -0.05) is 37.1 Å². The lowest BCUT2D eigenvalue weighted by Gasteiger charge is -2.29. The van der Waals surface area contributed by atoms with E-state index in [0.29, 0.717) is 11.9 Å². The molecule has 0 aliphatic carbocycles. The molecule has 0 unspecified atom stereocenters. The molecule has 22 heavy (non-hydrogen) atoms. The Morgan fingerprint density at radius 3 is 2.77 bits per heavy atom. The van der Waals surface area contributed by atoms with Crippen LogP contribution >= 0.6 is 0 Å². The van der Waals surface area contributed by atoms with Crippen LogP contribution in [0.25, 0.3) is 11.4 Å². The van der Waals surface area contributed by atoms with Crippen LogP contribution in [0.4, 0.5) is 0 Å². The first-order chi connectivity index (χ1) is 10.8. The van der Waals surface area contributed by atoms with Crippen molar-refractivity contribution in [3.8, 4) is 11.4 Å². The standard InChI is InChI=1S/C17H21N3O2/c1-2-15-6-4-3-5-11-20(15)17(21)14-9-7-13(8-10-14)16-18-12-22-19-16/h7-10,12,15H,2-6,11H2,1H3/t15-/m1/s1. The van der Waals surface area contributed by atoms with Gasteiger partial charge < -0.3 is 9.42 Å². The highest BCUT2D eigenvalue weighted by atomic mass is 16.5. The molecule has 116 valence electrons. The van der Waals surface area contributed by atoms with Crippen molar-refractivity contribution in [3.63, 3.8) is 0 Å². The minimum absolute atomic E-state index is 0.133. The Kier molecular flexibility index (Phi) is 4.51. The number of aromatic nitrogens is 2. The van der Waals surface area contributed by atoms with Crippen molar-refractivity contribution in [2.75, 3.05) is 6.54 Å². The van der Waals surface area contributed by atoms with Gasteiger partial charge in [-0.15, -0.1) is 0 Å². The topological polar surface area (TPSA) is 59.2 Å². The van der Waals surface area contributed by atoms with Crippen LogP contribution in [0.3, 0.4) is 0 Å². The highest BCUT2D eigenvalue weighted by Gasteiger charge is 2.24. The van der Waals surface area contributed by atoms with E-state index in [2.05, 4.69) is 22.0 Å². The number of carbonyl (C=O) groups excluding carboxylic acids is 1. The van der Waals surface area contributed by atoms with Crippen LogP contribution in [0.2, 0.25) is 0 Å². The number of benzene rings is 1. The Hall–Kier alpha value is -2.17. The molecule has 0 saturated carbocycles. The number of hydrogen-bond donors (Lipinski definition) is 0. The molecule has 2 heterocycles. The smallest absolute Gasteiger partial charge is 0.254 e. The first-order valence-electron chi connectivity index (χ1n) is 7.97. The number of likely N-dealkylation sites (tertiary alicyclic amines) is 1. The summed E-state index contributed by atoms with van der Waals surface area (Å²) in [5, 5.41) is 3.81. The molecule has 1 amide bonds. The van der Waals surface area contributed by atoms with Gasteiger partial charge in [-0.3, -0.25) is 4.79 Å². The van der Waals surface area contributed by atoms with Crippen LogP contribution in [0, 0.1) is 0 Å². The predicted molar refractivity (Wildman–Crippen MR) is 83.3 cm³/mol. The predicted octanol–water partition coefficient (Wildman–Crippen LogP) is 3.53. The normalized spacial score (nSPS) is 19.0. The van der Waals surface area contributed by atoms with Crippen LogP contribution in [0.5, 0.6) is 0 Å². The molecule has 1 aliphatic heterocycles. The van der Waals surface area contributed by atoms with Crippen molar-refractivity contribution in [1.29, 1.82) is 0 Å². The largest absolute Gasteiger partial charge is 0.342 e. The second-order valence-corrected chi connectivity index (χ2v) is 5.74. The minimum atomic E-state index is 0.133. The Morgan fingerprint density at radius 1 is 1.27 bits per heavy atom. The highest BCUT2D eigenvalue weighted by molar-refractivity contribution is 5.94. The third-order valence-corrected chi connectivity index (χ3v) is 4.36. The fourth-order valence-corrected chi connectivity index (χ4v) is 3.09. The van der Waals surface area contributed by atoms with Gasteiger partial charge in [-0.25, -0.2) is 0 Å². The number of nitrogens with zero attached hydrogens (tertiary/aromatic N) is 3. The maximum atomic E-state index is 12.8. The summed E-state index contributed by atoms with van der Waals surface area (Å²) in [6.07, 6.45) is 6.98. The van der Waals surface area contributed by atoms with Crippen LogP contribution in [0.15, 0.2) is 35.2 Å². The molecule has 1 aliphatic rings. The number of amides is 1. The zero-order chi connectivity index (χ0) is 15.4. The van der Waals surface area contributed by atoms with Crippen molar-refractivity contribution in [3.05, 3.63) is 36.2 Å². The van der Waals surface area contributed by atoms with E-state index < -0.39 is 0 Å².